The summed E-state index contributed by atoms with van der Waals surface area (Å²) in [4.78, 5) is 26.3. The van der Waals surface area contributed by atoms with Crippen molar-refractivity contribution in [2.75, 3.05) is 23.8 Å². The number of esters is 1. The highest BCUT2D eigenvalue weighted by molar-refractivity contribution is 7.79. The molecule has 2 aromatic rings. The van der Waals surface area contributed by atoms with Gasteiger partial charge < -0.3 is 10.1 Å². The Morgan fingerprint density at radius 3 is 2.26 bits per heavy atom. The Labute approximate surface area is 183 Å². The Morgan fingerprint density at radius 2 is 1.68 bits per heavy atom. The zero-order valence-corrected chi connectivity index (χ0v) is 19.1. The molecule has 1 N–H and O–H groups in total. The maximum atomic E-state index is 13.7. The van der Waals surface area contributed by atoms with Gasteiger partial charge in [0.05, 0.1) is 12.3 Å². The summed E-state index contributed by atoms with van der Waals surface area (Å²) in [6.07, 6.45) is 6.14. The van der Waals surface area contributed by atoms with Crippen molar-refractivity contribution in [2.45, 2.75) is 51.3 Å². The molecule has 0 aromatic heterocycles. The lowest BCUT2D eigenvalue weighted by atomic mass is 10.1. The third kappa shape index (κ3) is 4.39. The number of benzene rings is 2. The first kappa shape index (κ1) is 22.0. The largest absolute Gasteiger partial charge is 0.458 e. The number of carbonyl (C=O) groups is 2. The molecule has 4 nitrogen and oxygen atoms in total. The SMILES string of the molecule is Cc1cc(F)cc(C)c1NC(=O)C1([P+]2(CC(=O)OCc3ccccc3)CCCC2)CC1. The predicted molar refractivity (Wildman–Crippen MR) is 123 cm³/mol. The normalized spacial score (nSPS) is 18.4. The van der Waals surface area contributed by atoms with Gasteiger partial charge in [0, 0.05) is 25.8 Å². The molecule has 4 rings (SSSR count). The number of halogens is 1. The van der Waals surface area contributed by atoms with Crippen molar-refractivity contribution in [2.24, 2.45) is 0 Å². The number of hydrogen-bond donors (Lipinski definition) is 1. The smallest absolute Gasteiger partial charge is 0.344 e. The standard InChI is InChI=1S/C25H29FNO3P/c1-18-14-21(26)15-19(2)23(18)27-24(29)25(10-11-25)31(12-6-7-13-31)17-22(28)30-16-20-8-4-3-5-9-20/h3-5,8-9,14-15H,6-7,10-13,16-17H2,1-2H3/p+1. The summed E-state index contributed by atoms with van der Waals surface area (Å²) in [5.41, 5.74) is 3.11. The van der Waals surface area contributed by atoms with E-state index in [1.165, 1.54) is 12.1 Å². The lowest BCUT2D eigenvalue weighted by Crippen LogP contribution is -2.36. The summed E-state index contributed by atoms with van der Waals surface area (Å²) in [6, 6.07) is 12.6. The fraction of sp³-hybridized carbons (Fsp3) is 0.440. The molecule has 164 valence electrons. The lowest BCUT2D eigenvalue weighted by molar-refractivity contribution is -0.141. The number of anilines is 1. The Hall–Kier alpha value is -2.26. The second-order valence-corrected chi connectivity index (χ2v) is 13.4. The number of amides is 1. The van der Waals surface area contributed by atoms with Crippen LogP contribution in [0, 0.1) is 19.7 Å². The Bertz CT molecular complexity index is 959. The minimum absolute atomic E-state index is 0.0106. The van der Waals surface area contributed by atoms with Gasteiger partial charge in [0.2, 0.25) is 0 Å². The van der Waals surface area contributed by atoms with Gasteiger partial charge in [-0.15, -0.1) is 0 Å². The first-order valence-corrected chi connectivity index (χ1v) is 13.3. The van der Waals surface area contributed by atoms with Crippen LogP contribution in [0.5, 0.6) is 0 Å². The van der Waals surface area contributed by atoms with Crippen molar-refractivity contribution in [3.05, 3.63) is 65.0 Å². The minimum Gasteiger partial charge on any atom is -0.458 e. The average molecular weight is 442 g/mol. The summed E-state index contributed by atoms with van der Waals surface area (Å²) in [6.45, 7) is 3.90. The Balaban J connectivity index is 1.49. The summed E-state index contributed by atoms with van der Waals surface area (Å²) >= 11 is 0. The van der Waals surface area contributed by atoms with Gasteiger partial charge >= 0.3 is 5.97 Å². The third-order valence-corrected chi connectivity index (χ3v) is 12.6. The molecule has 0 radical (unpaired) electrons. The molecule has 1 aliphatic carbocycles. The van der Waals surface area contributed by atoms with Crippen molar-refractivity contribution >= 4 is 24.8 Å². The number of carbonyl (C=O) groups excluding carboxylic acids is 2. The van der Waals surface area contributed by atoms with E-state index in [0.717, 1.165) is 54.7 Å². The van der Waals surface area contributed by atoms with Gasteiger partial charge in [0.1, 0.15) is 12.4 Å². The second kappa shape index (κ2) is 8.70. The lowest BCUT2D eigenvalue weighted by Gasteiger charge is -2.30. The number of hydrogen-bond acceptors (Lipinski definition) is 3. The molecule has 31 heavy (non-hydrogen) atoms. The van der Waals surface area contributed by atoms with Gasteiger partial charge in [0.15, 0.2) is 11.3 Å². The predicted octanol–water partition coefficient (Wildman–Crippen LogP) is 5.47. The summed E-state index contributed by atoms with van der Waals surface area (Å²) in [7, 11) is -1.81. The van der Waals surface area contributed by atoms with E-state index in [2.05, 4.69) is 5.32 Å². The fourth-order valence-corrected chi connectivity index (χ4v) is 10.6. The molecule has 1 saturated heterocycles. The topological polar surface area (TPSA) is 55.4 Å². The molecule has 1 amide bonds. The van der Waals surface area contributed by atoms with Crippen LogP contribution in [0.2, 0.25) is 0 Å². The van der Waals surface area contributed by atoms with Crippen LogP contribution in [0.3, 0.4) is 0 Å². The van der Waals surface area contributed by atoms with Crippen LogP contribution in [-0.4, -0.2) is 35.5 Å². The van der Waals surface area contributed by atoms with Crippen LogP contribution in [0.15, 0.2) is 42.5 Å². The van der Waals surface area contributed by atoms with Crippen LogP contribution in [0.1, 0.15) is 42.4 Å². The summed E-state index contributed by atoms with van der Waals surface area (Å²) in [5.74, 6) is -0.473. The van der Waals surface area contributed by atoms with Crippen molar-refractivity contribution in [3.63, 3.8) is 0 Å². The molecule has 2 aromatic carbocycles. The molecular weight excluding hydrogens is 412 g/mol. The monoisotopic (exact) mass is 442 g/mol. The van der Waals surface area contributed by atoms with Gasteiger partial charge in [0.25, 0.3) is 5.91 Å². The minimum atomic E-state index is -1.81. The molecule has 0 unspecified atom stereocenters. The van der Waals surface area contributed by atoms with E-state index in [4.69, 9.17) is 4.74 Å². The highest BCUT2D eigenvalue weighted by Gasteiger charge is 2.71. The van der Waals surface area contributed by atoms with Crippen LogP contribution in [0.4, 0.5) is 10.1 Å². The maximum absolute atomic E-state index is 13.7. The van der Waals surface area contributed by atoms with Crippen LogP contribution in [0.25, 0.3) is 0 Å². The first-order chi connectivity index (χ1) is 14.9. The van der Waals surface area contributed by atoms with Gasteiger partial charge in [-0.1, -0.05) is 30.3 Å². The van der Waals surface area contributed by atoms with Crippen molar-refractivity contribution < 1.29 is 18.7 Å². The highest BCUT2D eigenvalue weighted by Crippen LogP contribution is 2.80. The summed E-state index contributed by atoms with van der Waals surface area (Å²) < 4.78 is 19.3. The van der Waals surface area contributed by atoms with Gasteiger partial charge in [-0.05, 0) is 55.5 Å². The van der Waals surface area contributed by atoms with E-state index >= 15 is 0 Å². The molecule has 0 spiro atoms. The molecule has 1 aliphatic heterocycles. The molecule has 0 atom stereocenters. The van der Waals surface area contributed by atoms with Crippen LogP contribution in [-0.2, 0) is 20.9 Å². The quantitative estimate of drug-likeness (QED) is 0.457. The van der Waals surface area contributed by atoms with E-state index in [-0.39, 0.29) is 24.3 Å². The van der Waals surface area contributed by atoms with Crippen molar-refractivity contribution in [3.8, 4) is 0 Å². The first-order valence-electron chi connectivity index (χ1n) is 11.0. The Morgan fingerprint density at radius 1 is 1.06 bits per heavy atom. The van der Waals surface area contributed by atoms with Gasteiger partial charge in [-0.3, -0.25) is 4.79 Å². The maximum Gasteiger partial charge on any atom is 0.344 e. The Kier molecular flexibility index (Phi) is 6.16. The number of aryl methyl sites for hydroxylation is 2. The van der Waals surface area contributed by atoms with Crippen molar-refractivity contribution in [1.29, 1.82) is 0 Å². The number of ether oxygens (including phenoxy) is 1. The van der Waals surface area contributed by atoms with E-state index in [0.29, 0.717) is 11.8 Å². The van der Waals surface area contributed by atoms with E-state index in [1.54, 1.807) is 0 Å². The third-order valence-electron chi connectivity index (χ3n) is 6.89. The highest BCUT2D eigenvalue weighted by atomic mass is 31.2. The number of rotatable bonds is 7. The van der Waals surface area contributed by atoms with Crippen LogP contribution < -0.4 is 5.32 Å². The fourth-order valence-electron chi connectivity index (χ4n) is 5.08. The molecule has 1 saturated carbocycles. The van der Waals surface area contributed by atoms with Crippen molar-refractivity contribution in [1.82, 2.24) is 0 Å². The molecule has 0 bridgehead atoms. The zero-order chi connectivity index (χ0) is 22.1. The van der Waals surface area contributed by atoms with E-state index in [9.17, 15) is 14.0 Å². The average Bonchev–Trinajstić information content (AvgIpc) is 3.44. The molecule has 6 heteroatoms. The molecular formula is C25H30FNO3P+. The zero-order valence-electron chi connectivity index (χ0n) is 18.2. The second-order valence-electron chi connectivity index (χ2n) is 9.00. The van der Waals surface area contributed by atoms with E-state index in [1.807, 2.05) is 44.2 Å². The van der Waals surface area contributed by atoms with E-state index < -0.39 is 12.4 Å². The van der Waals surface area contributed by atoms with Gasteiger partial charge in [-0.25, -0.2) is 9.18 Å². The van der Waals surface area contributed by atoms with Gasteiger partial charge in [-0.2, -0.15) is 0 Å². The molecule has 2 fully saturated rings. The summed E-state index contributed by atoms with van der Waals surface area (Å²) in [5, 5.41) is 2.68. The van der Waals surface area contributed by atoms with Crippen LogP contribution >= 0.6 is 7.26 Å². The number of nitrogens with one attached hydrogen (secondary N) is 1. The molecule has 1 heterocycles. The molecule has 2 aliphatic rings.